The zero-order chi connectivity index (χ0) is 15.9. The summed E-state index contributed by atoms with van der Waals surface area (Å²) in [5, 5.41) is 14.9. The molecule has 0 aliphatic carbocycles. The molecule has 0 saturated carbocycles. The van der Waals surface area contributed by atoms with Crippen LogP contribution in [-0.4, -0.2) is 19.6 Å². The molecule has 1 amide bonds. The van der Waals surface area contributed by atoms with Crippen LogP contribution in [0.25, 0.3) is 0 Å². The van der Waals surface area contributed by atoms with Crippen molar-refractivity contribution in [3.8, 4) is 11.8 Å². The van der Waals surface area contributed by atoms with Gasteiger partial charge in [0.1, 0.15) is 5.75 Å². The van der Waals surface area contributed by atoms with Crippen molar-refractivity contribution < 1.29 is 9.53 Å². The fourth-order valence-electron chi connectivity index (χ4n) is 1.82. The number of nitriles is 1. The van der Waals surface area contributed by atoms with Gasteiger partial charge < -0.3 is 15.4 Å². The highest BCUT2D eigenvalue weighted by atomic mass is 35.5. The lowest BCUT2D eigenvalue weighted by Crippen LogP contribution is -2.22. The average molecular weight is 316 g/mol. The van der Waals surface area contributed by atoms with E-state index in [1.807, 2.05) is 6.07 Å². The molecular weight excluding hydrogens is 302 g/mol. The molecule has 0 saturated heterocycles. The van der Waals surface area contributed by atoms with Crippen LogP contribution in [0.15, 0.2) is 42.5 Å². The molecule has 5 nitrogen and oxygen atoms in total. The molecule has 0 atom stereocenters. The van der Waals surface area contributed by atoms with Crippen molar-refractivity contribution in [1.82, 2.24) is 0 Å². The monoisotopic (exact) mass is 315 g/mol. The first-order valence-electron chi connectivity index (χ1n) is 6.50. The zero-order valence-corrected chi connectivity index (χ0v) is 12.6. The lowest BCUT2D eigenvalue weighted by atomic mass is 10.2. The van der Waals surface area contributed by atoms with Crippen molar-refractivity contribution in [2.24, 2.45) is 0 Å². The van der Waals surface area contributed by atoms with Gasteiger partial charge in [-0.15, -0.1) is 0 Å². The van der Waals surface area contributed by atoms with Crippen molar-refractivity contribution in [3.05, 3.63) is 53.1 Å². The average Bonchev–Trinajstić information content (AvgIpc) is 2.53. The topological polar surface area (TPSA) is 74.2 Å². The summed E-state index contributed by atoms with van der Waals surface area (Å²) in [4.78, 5) is 12.0. The smallest absolute Gasteiger partial charge is 0.243 e. The summed E-state index contributed by atoms with van der Waals surface area (Å²) in [6.45, 7) is 0.0849. The maximum Gasteiger partial charge on any atom is 0.243 e. The molecule has 2 aromatic rings. The molecule has 0 fully saturated rings. The maximum absolute atomic E-state index is 12.0. The number of hydrogen-bond acceptors (Lipinski definition) is 4. The first kappa shape index (κ1) is 15.7. The number of benzene rings is 2. The Morgan fingerprint density at radius 1 is 1.27 bits per heavy atom. The van der Waals surface area contributed by atoms with Crippen LogP contribution in [0.3, 0.4) is 0 Å². The highest BCUT2D eigenvalue weighted by Crippen LogP contribution is 2.27. The molecule has 0 aliphatic rings. The van der Waals surface area contributed by atoms with Gasteiger partial charge in [-0.2, -0.15) is 5.26 Å². The second-order valence-electron chi connectivity index (χ2n) is 4.44. The second kappa shape index (κ2) is 7.34. The summed E-state index contributed by atoms with van der Waals surface area (Å²) in [5.74, 6) is 0.307. The number of carbonyl (C=O) groups excluding carboxylic acids is 1. The highest BCUT2D eigenvalue weighted by molar-refractivity contribution is 6.31. The molecule has 2 aromatic carbocycles. The number of amides is 1. The Kier molecular flexibility index (Phi) is 5.23. The van der Waals surface area contributed by atoms with E-state index in [0.29, 0.717) is 22.0 Å². The van der Waals surface area contributed by atoms with Crippen molar-refractivity contribution >= 4 is 28.9 Å². The quantitative estimate of drug-likeness (QED) is 0.888. The van der Waals surface area contributed by atoms with Gasteiger partial charge in [0, 0.05) is 10.7 Å². The van der Waals surface area contributed by atoms with Crippen LogP contribution in [0.2, 0.25) is 5.02 Å². The Bertz CT molecular complexity index is 708. The molecule has 2 N–H and O–H groups in total. The maximum atomic E-state index is 12.0. The van der Waals surface area contributed by atoms with Crippen LogP contribution in [0.5, 0.6) is 5.75 Å². The number of methoxy groups -OCH3 is 1. The first-order valence-corrected chi connectivity index (χ1v) is 6.87. The van der Waals surface area contributed by atoms with Gasteiger partial charge in [0.25, 0.3) is 0 Å². The summed E-state index contributed by atoms with van der Waals surface area (Å²) in [5.41, 5.74) is 1.84. The summed E-state index contributed by atoms with van der Waals surface area (Å²) >= 11 is 5.91. The number of carbonyl (C=O) groups is 1. The molecule has 6 heteroatoms. The van der Waals surface area contributed by atoms with Gasteiger partial charge in [-0.1, -0.05) is 11.6 Å². The predicted molar refractivity (Wildman–Crippen MR) is 86.3 cm³/mol. The molecule has 0 radical (unpaired) electrons. The van der Waals surface area contributed by atoms with Gasteiger partial charge in [0.15, 0.2) is 0 Å². The first-order chi connectivity index (χ1) is 10.6. The molecule has 2 rings (SSSR count). The zero-order valence-electron chi connectivity index (χ0n) is 11.9. The summed E-state index contributed by atoms with van der Waals surface area (Å²) in [6, 6.07) is 13.9. The van der Waals surface area contributed by atoms with Gasteiger partial charge >= 0.3 is 0 Å². The molecule has 0 aromatic heterocycles. The van der Waals surface area contributed by atoms with Gasteiger partial charge in [0.05, 0.1) is 31.0 Å². The van der Waals surface area contributed by atoms with E-state index in [2.05, 4.69) is 10.6 Å². The SMILES string of the molecule is COc1ccc(Cl)cc1NC(=O)CNc1ccc(C#N)cc1. The fraction of sp³-hybridized carbons (Fsp3) is 0.125. The fourth-order valence-corrected chi connectivity index (χ4v) is 1.99. The molecule has 22 heavy (non-hydrogen) atoms. The number of rotatable bonds is 5. The summed E-state index contributed by atoms with van der Waals surface area (Å²) < 4.78 is 5.17. The van der Waals surface area contributed by atoms with Crippen molar-refractivity contribution in [1.29, 1.82) is 5.26 Å². The highest BCUT2D eigenvalue weighted by Gasteiger charge is 2.08. The third kappa shape index (κ3) is 4.14. The number of halogens is 1. The van der Waals surface area contributed by atoms with Crippen LogP contribution in [0.1, 0.15) is 5.56 Å². The standard InChI is InChI=1S/C16H14ClN3O2/c1-22-15-7-4-12(17)8-14(15)20-16(21)10-19-13-5-2-11(9-18)3-6-13/h2-8,19H,10H2,1H3,(H,20,21). The van der Waals surface area contributed by atoms with E-state index in [0.717, 1.165) is 5.69 Å². The van der Waals surface area contributed by atoms with Crippen LogP contribution in [0.4, 0.5) is 11.4 Å². The van der Waals surface area contributed by atoms with Crippen LogP contribution in [-0.2, 0) is 4.79 Å². The van der Waals surface area contributed by atoms with Crippen LogP contribution in [0, 0.1) is 11.3 Å². The molecule has 0 aliphatic heterocycles. The van der Waals surface area contributed by atoms with E-state index in [1.54, 1.807) is 42.5 Å². The van der Waals surface area contributed by atoms with Gasteiger partial charge in [0.2, 0.25) is 5.91 Å². The Morgan fingerprint density at radius 3 is 2.64 bits per heavy atom. The second-order valence-corrected chi connectivity index (χ2v) is 4.87. The molecule has 0 spiro atoms. The van der Waals surface area contributed by atoms with Crippen LogP contribution < -0.4 is 15.4 Å². The van der Waals surface area contributed by atoms with Crippen molar-refractivity contribution in [2.75, 3.05) is 24.3 Å². The number of nitrogens with zero attached hydrogens (tertiary/aromatic N) is 1. The van der Waals surface area contributed by atoms with E-state index in [9.17, 15) is 4.79 Å². The van der Waals surface area contributed by atoms with E-state index in [-0.39, 0.29) is 12.5 Å². The Hall–Kier alpha value is -2.71. The lowest BCUT2D eigenvalue weighted by Gasteiger charge is -2.11. The summed E-state index contributed by atoms with van der Waals surface area (Å²) in [7, 11) is 1.52. The lowest BCUT2D eigenvalue weighted by molar-refractivity contribution is -0.114. The van der Waals surface area contributed by atoms with Gasteiger partial charge in [-0.05, 0) is 42.5 Å². The largest absolute Gasteiger partial charge is 0.495 e. The molecule has 0 unspecified atom stereocenters. The van der Waals surface area contributed by atoms with Gasteiger partial charge in [-0.3, -0.25) is 4.79 Å². The normalized spacial score (nSPS) is 9.68. The third-order valence-corrected chi connectivity index (χ3v) is 3.14. The molecule has 112 valence electrons. The van der Waals surface area contributed by atoms with Crippen LogP contribution >= 0.6 is 11.6 Å². The van der Waals surface area contributed by atoms with Gasteiger partial charge in [-0.25, -0.2) is 0 Å². The minimum atomic E-state index is -0.232. The van der Waals surface area contributed by atoms with E-state index in [1.165, 1.54) is 7.11 Å². The molecule has 0 heterocycles. The Morgan fingerprint density at radius 2 is 2.00 bits per heavy atom. The number of ether oxygens (including phenoxy) is 1. The summed E-state index contributed by atoms with van der Waals surface area (Å²) in [6.07, 6.45) is 0. The minimum Gasteiger partial charge on any atom is -0.495 e. The number of anilines is 2. The molecular formula is C16H14ClN3O2. The number of hydrogen-bond donors (Lipinski definition) is 2. The van der Waals surface area contributed by atoms with Crippen molar-refractivity contribution in [3.63, 3.8) is 0 Å². The predicted octanol–water partition coefficient (Wildman–Crippen LogP) is 3.27. The van der Waals surface area contributed by atoms with E-state index >= 15 is 0 Å². The van der Waals surface area contributed by atoms with E-state index < -0.39 is 0 Å². The third-order valence-electron chi connectivity index (χ3n) is 2.90. The Balaban J connectivity index is 1.95. The molecule has 0 bridgehead atoms. The number of nitrogens with one attached hydrogen (secondary N) is 2. The Labute approximate surface area is 133 Å². The minimum absolute atomic E-state index is 0.0849. The van der Waals surface area contributed by atoms with E-state index in [4.69, 9.17) is 21.6 Å². The van der Waals surface area contributed by atoms with Crippen molar-refractivity contribution in [2.45, 2.75) is 0 Å².